The summed E-state index contributed by atoms with van der Waals surface area (Å²) in [6, 6.07) is 0. The molecule has 0 radical (unpaired) electrons. The van der Waals surface area contributed by atoms with Crippen LogP contribution in [0.3, 0.4) is 0 Å². The van der Waals surface area contributed by atoms with E-state index in [0.717, 1.165) is 12.8 Å². The van der Waals surface area contributed by atoms with Gasteiger partial charge in [0.1, 0.15) is 0 Å². The summed E-state index contributed by atoms with van der Waals surface area (Å²) in [5.74, 6) is -1.84. The molecule has 104 valence electrons. The number of methoxy groups -OCH3 is 2. The largest absolute Gasteiger partial charge is 0.341 e. The molecule has 0 amide bonds. The van der Waals surface area contributed by atoms with Crippen LogP contribution in [-0.4, -0.2) is 39.3 Å². The summed E-state index contributed by atoms with van der Waals surface area (Å²) in [7, 11) is 3.16. The van der Waals surface area contributed by atoms with E-state index in [1.165, 1.54) is 0 Å². The second kappa shape index (κ2) is 8.00. The minimum absolute atomic E-state index is 0.602. The van der Waals surface area contributed by atoms with Crippen LogP contribution in [0.2, 0.25) is 0 Å². The Morgan fingerprint density at radius 3 is 1.41 bits per heavy atom. The maximum absolute atomic E-state index is 5.61. The summed E-state index contributed by atoms with van der Waals surface area (Å²) in [6.45, 7) is 8.89. The second-order valence-electron chi connectivity index (χ2n) is 4.12. The highest BCUT2D eigenvalue weighted by Gasteiger charge is 2.36. The third-order valence-corrected chi connectivity index (χ3v) is 2.40. The number of ether oxygens (including phenoxy) is 4. The van der Waals surface area contributed by atoms with Gasteiger partial charge >= 0.3 is 0 Å². The van der Waals surface area contributed by atoms with E-state index in [1.807, 2.05) is 13.8 Å². The maximum atomic E-state index is 5.61. The molecule has 0 rings (SSSR count). The molecule has 5 nitrogen and oxygen atoms in total. The Kier molecular flexibility index (Phi) is 7.91. The molecule has 0 spiro atoms. The molecule has 0 bridgehead atoms. The highest BCUT2D eigenvalue weighted by atomic mass is 16.7. The van der Waals surface area contributed by atoms with Crippen molar-refractivity contribution in [3.05, 3.63) is 0 Å². The van der Waals surface area contributed by atoms with Crippen molar-refractivity contribution in [1.29, 1.82) is 0 Å². The van der Waals surface area contributed by atoms with Crippen molar-refractivity contribution in [2.24, 2.45) is 0 Å². The Labute approximate surface area is 105 Å². The zero-order valence-corrected chi connectivity index (χ0v) is 12.0. The quantitative estimate of drug-likeness (QED) is 0.601. The Balaban J connectivity index is 4.47. The molecular formula is C12H27NO4. The lowest BCUT2D eigenvalue weighted by atomic mass is 10.4. The molecule has 2 atom stereocenters. The molecule has 0 fully saturated rings. The van der Waals surface area contributed by atoms with E-state index < -0.39 is 11.8 Å². The van der Waals surface area contributed by atoms with Gasteiger partial charge in [-0.05, 0) is 12.8 Å². The molecule has 17 heavy (non-hydrogen) atoms. The molecule has 0 aliphatic heterocycles. The van der Waals surface area contributed by atoms with Gasteiger partial charge in [0.2, 0.25) is 11.8 Å². The van der Waals surface area contributed by atoms with Gasteiger partial charge in [0.25, 0.3) is 0 Å². The molecule has 2 unspecified atom stereocenters. The van der Waals surface area contributed by atoms with Crippen LogP contribution < -0.4 is 5.32 Å². The first-order chi connectivity index (χ1) is 7.95. The highest BCUT2D eigenvalue weighted by Crippen LogP contribution is 2.17. The second-order valence-corrected chi connectivity index (χ2v) is 4.12. The van der Waals surface area contributed by atoms with Gasteiger partial charge in [-0.3, -0.25) is 0 Å². The van der Waals surface area contributed by atoms with Crippen LogP contribution in [0.15, 0.2) is 0 Å². The standard InChI is InChI=1S/C12H27NO4/c1-7-9-16-11(3,14-5)13-12(4,15-6)17-10-8-2/h13H,7-10H2,1-6H3. The number of rotatable bonds is 10. The summed E-state index contributed by atoms with van der Waals surface area (Å²) in [4.78, 5) is 0. The minimum Gasteiger partial charge on any atom is -0.341 e. The smallest absolute Gasteiger partial charge is 0.228 e. The first kappa shape index (κ1) is 16.8. The SMILES string of the molecule is CCCOC(C)(NC(C)(OC)OCCC)OC. The Hall–Kier alpha value is -0.200. The normalized spacial score (nSPS) is 18.7. The summed E-state index contributed by atoms with van der Waals surface area (Å²) >= 11 is 0. The van der Waals surface area contributed by atoms with Gasteiger partial charge in [0.05, 0.1) is 13.2 Å². The lowest BCUT2D eigenvalue weighted by Gasteiger charge is -2.38. The van der Waals surface area contributed by atoms with Crippen LogP contribution in [-0.2, 0) is 18.9 Å². The van der Waals surface area contributed by atoms with Crippen LogP contribution in [0, 0.1) is 0 Å². The molecule has 0 aliphatic carbocycles. The number of hydrogen-bond donors (Lipinski definition) is 1. The van der Waals surface area contributed by atoms with Gasteiger partial charge in [-0.25, -0.2) is 5.32 Å². The summed E-state index contributed by atoms with van der Waals surface area (Å²) in [6.07, 6.45) is 1.83. The van der Waals surface area contributed by atoms with E-state index >= 15 is 0 Å². The van der Waals surface area contributed by atoms with Crippen LogP contribution in [0.1, 0.15) is 40.5 Å². The molecular weight excluding hydrogens is 222 g/mol. The van der Waals surface area contributed by atoms with Gasteiger partial charge in [0.15, 0.2) is 0 Å². The van der Waals surface area contributed by atoms with Crippen molar-refractivity contribution in [2.75, 3.05) is 27.4 Å². The predicted octanol–water partition coefficient (Wildman–Crippen LogP) is 2.07. The molecule has 0 aromatic rings. The first-order valence-electron chi connectivity index (χ1n) is 6.12. The lowest BCUT2D eigenvalue weighted by Crippen LogP contribution is -2.60. The Morgan fingerprint density at radius 1 is 0.824 bits per heavy atom. The van der Waals surface area contributed by atoms with E-state index in [9.17, 15) is 0 Å². The lowest BCUT2D eigenvalue weighted by molar-refractivity contribution is -0.319. The van der Waals surface area contributed by atoms with Crippen molar-refractivity contribution in [2.45, 2.75) is 52.4 Å². The van der Waals surface area contributed by atoms with E-state index in [4.69, 9.17) is 18.9 Å². The zero-order chi connectivity index (χ0) is 13.4. The molecule has 5 heteroatoms. The third kappa shape index (κ3) is 6.33. The van der Waals surface area contributed by atoms with E-state index in [2.05, 4.69) is 5.32 Å². The number of nitrogens with one attached hydrogen (secondary N) is 1. The molecule has 0 saturated heterocycles. The van der Waals surface area contributed by atoms with E-state index in [1.54, 1.807) is 28.1 Å². The zero-order valence-electron chi connectivity index (χ0n) is 12.0. The van der Waals surface area contributed by atoms with Gasteiger partial charge in [-0.15, -0.1) is 0 Å². The van der Waals surface area contributed by atoms with Gasteiger partial charge in [-0.1, -0.05) is 13.8 Å². The van der Waals surface area contributed by atoms with Gasteiger partial charge in [-0.2, -0.15) is 0 Å². The fourth-order valence-electron chi connectivity index (χ4n) is 1.30. The fourth-order valence-corrected chi connectivity index (χ4v) is 1.30. The molecule has 1 N–H and O–H groups in total. The van der Waals surface area contributed by atoms with Crippen LogP contribution >= 0.6 is 0 Å². The Morgan fingerprint density at radius 2 is 1.18 bits per heavy atom. The van der Waals surface area contributed by atoms with Gasteiger partial charge < -0.3 is 18.9 Å². The summed E-state index contributed by atoms with van der Waals surface area (Å²) < 4.78 is 21.9. The monoisotopic (exact) mass is 249 g/mol. The van der Waals surface area contributed by atoms with Crippen molar-refractivity contribution >= 4 is 0 Å². The van der Waals surface area contributed by atoms with Crippen molar-refractivity contribution in [3.8, 4) is 0 Å². The van der Waals surface area contributed by atoms with Crippen molar-refractivity contribution in [3.63, 3.8) is 0 Å². The van der Waals surface area contributed by atoms with E-state index in [-0.39, 0.29) is 0 Å². The summed E-state index contributed by atoms with van der Waals surface area (Å²) in [5.41, 5.74) is 0. The molecule has 0 heterocycles. The van der Waals surface area contributed by atoms with Crippen LogP contribution in [0.5, 0.6) is 0 Å². The van der Waals surface area contributed by atoms with Crippen molar-refractivity contribution < 1.29 is 18.9 Å². The molecule has 0 saturated carbocycles. The molecule has 0 aliphatic rings. The number of hydrogen-bond acceptors (Lipinski definition) is 5. The minimum atomic E-state index is -0.922. The van der Waals surface area contributed by atoms with Crippen molar-refractivity contribution in [1.82, 2.24) is 5.32 Å². The van der Waals surface area contributed by atoms with Gasteiger partial charge in [0, 0.05) is 28.1 Å². The van der Waals surface area contributed by atoms with Crippen LogP contribution in [0.4, 0.5) is 0 Å². The topological polar surface area (TPSA) is 49.0 Å². The van der Waals surface area contributed by atoms with E-state index in [0.29, 0.717) is 13.2 Å². The average molecular weight is 249 g/mol. The predicted molar refractivity (Wildman–Crippen MR) is 66.4 cm³/mol. The average Bonchev–Trinajstić information content (AvgIpc) is 2.34. The maximum Gasteiger partial charge on any atom is 0.228 e. The summed E-state index contributed by atoms with van der Waals surface area (Å²) in [5, 5.41) is 3.09. The fraction of sp³-hybridized carbons (Fsp3) is 1.00. The van der Waals surface area contributed by atoms with Crippen LogP contribution in [0.25, 0.3) is 0 Å². The Bertz CT molecular complexity index is 183. The molecule has 0 aromatic carbocycles. The third-order valence-electron chi connectivity index (χ3n) is 2.40. The highest BCUT2D eigenvalue weighted by molar-refractivity contribution is 4.68. The molecule has 0 aromatic heterocycles. The first-order valence-corrected chi connectivity index (χ1v) is 6.12.